The van der Waals surface area contributed by atoms with Crippen LogP contribution in [0.5, 0.6) is 0 Å². The van der Waals surface area contributed by atoms with Crippen LogP contribution in [0.1, 0.15) is 15.9 Å². The molecule has 0 bridgehead atoms. The van der Waals surface area contributed by atoms with Crippen molar-refractivity contribution in [3.8, 4) is 6.07 Å². The van der Waals surface area contributed by atoms with Gasteiger partial charge in [0.2, 0.25) is 0 Å². The quantitative estimate of drug-likeness (QED) is 0.694. The summed E-state index contributed by atoms with van der Waals surface area (Å²) in [7, 11) is 0. The minimum atomic E-state index is -0.576. The van der Waals surface area contributed by atoms with Gasteiger partial charge < -0.3 is 5.32 Å². The number of carbonyl (C=O) groups is 1. The third kappa shape index (κ3) is 3.35. The molecule has 2 aromatic rings. The number of nitrogens with one attached hydrogen (secondary N) is 1. The van der Waals surface area contributed by atoms with Crippen molar-refractivity contribution in [3.63, 3.8) is 0 Å². The number of hydrogen-bond acceptors (Lipinski definition) is 4. The number of anilines is 1. The fourth-order valence-electron chi connectivity index (χ4n) is 1.61. The zero-order valence-corrected chi connectivity index (χ0v) is 11.3. The second-order valence-corrected chi connectivity index (χ2v) is 4.47. The average molecular weight is 302 g/mol. The second-order valence-electron chi connectivity index (χ2n) is 4.06. The number of carbonyl (C=O) groups excluding carboxylic acids is 1. The van der Waals surface area contributed by atoms with E-state index in [0.717, 1.165) is 0 Å². The lowest BCUT2D eigenvalue weighted by Crippen LogP contribution is -2.12. The Bertz CT molecular complexity index is 751. The predicted octanol–water partition coefficient (Wildman–Crippen LogP) is 3.37. The van der Waals surface area contributed by atoms with E-state index in [0.29, 0.717) is 11.1 Å². The Morgan fingerprint density at radius 3 is 2.48 bits per heavy atom. The molecular formula is C14H8ClN3O3. The van der Waals surface area contributed by atoms with Crippen molar-refractivity contribution in [3.05, 3.63) is 68.7 Å². The monoisotopic (exact) mass is 301 g/mol. The van der Waals surface area contributed by atoms with Crippen LogP contribution < -0.4 is 5.32 Å². The second kappa shape index (κ2) is 6.03. The molecule has 0 spiro atoms. The maximum Gasteiger partial charge on any atom is 0.271 e. The number of halogens is 1. The highest BCUT2D eigenvalue weighted by Crippen LogP contribution is 2.27. The zero-order valence-electron chi connectivity index (χ0n) is 10.5. The number of benzene rings is 2. The van der Waals surface area contributed by atoms with Crippen LogP contribution in [-0.2, 0) is 0 Å². The van der Waals surface area contributed by atoms with Gasteiger partial charge in [-0.15, -0.1) is 0 Å². The molecule has 2 aromatic carbocycles. The molecule has 0 radical (unpaired) electrons. The SMILES string of the molecule is N#Cc1ccc(C(=O)Nc2cc([N+](=O)[O-])ccc2Cl)cc1. The molecule has 0 aliphatic carbocycles. The van der Waals surface area contributed by atoms with E-state index < -0.39 is 10.8 Å². The molecule has 104 valence electrons. The smallest absolute Gasteiger partial charge is 0.271 e. The van der Waals surface area contributed by atoms with Gasteiger partial charge in [0.25, 0.3) is 11.6 Å². The molecule has 0 saturated carbocycles. The Labute approximate surface area is 124 Å². The van der Waals surface area contributed by atoms with Crippen molar-refractivity contribution in [1.29, 1.82) is 5.26 Å². The highest BCUT2D eigenvalue weighted by molar-refractivity contribution is 6.34. The molecule has 1 N–H and O–H groups in total. The van der Waals surface area contributed by atoms with Crippen molar-refractivity contribution in [2.24, 2.45) is 0 Å². The number of nitriles is 1. The standard InChI is InChI=1S/C14H8ClN3O3/c15-12-6-5-11(18(20)21)7-13(12)17-14(19)10-3-1-9(8-16)2-4-10/h1-7H,(H,17,19). The van der Waals surface area contributed by atoms with Crippen LogP contribution >= 0.6 is 11.6 Å². The minimum Gasteiger partial charge on any atom is -0.320 e. The van der Waals surface area contributed by atoms with Crippen LogP contribution in [0, 0.1) is 21.4 Å². The van der Waals surface area contributed by atoms with Gasteiger partial charge in [0, 0.05) is 17.7 Å². The van der Waals surface area contributed by atoms with Crippen molar-refractivity contribution < 1.29 is 9.72 Å². The van der Waals surface area contributed by atoms with E-state index >= 15 is 0 Å². The average Bonchev–Trinajstić information content (AvgIpc) is 2.49. The molecule has 6 nitrogen and oxygen atoms in total. The lowest BCUT2D eigenvalue weighted by Gasteiger charge is -2.07. The van der Waals surface area contributed by atoms with Crippen LogP contribution in [0.4, 0.5) is 11.4 Å². The molecule has 0 saturated heterocycles. The molecule has 2 rings (SSSR count). The Kier molecular flexibility index (Phi) is 4.16. The molecule has 1 amide bonds. The molecule has 7 heteroatoms. The molecule has 0 fully saturated rings. The predicted molar refractivity (Wildman–Crippen MR) is 77.2 cm³/mol. The Balaban J connectivity index is 2.24. The van der Waals surface area contributed by atoms with E-state index in [4.69, 9.17) is 16.9 Å². The Hall–Kier alpha value is -2.91. The summed E-state index contributed by atoms with van der Waals surface area (Å²) in [5.74, 6) is -0.470. The first-order chi connectivity index (χ1) is 10.0. The van der Waals surface area contributed by atoms with Gasteiger partial charge in [-0.25, -0.2) is 0 Å². The third-order valence-corrected chi connectivity index (χ3v) is 3.01. The summed E-state index contributed by atoms with van der Waals surface area (Å²) in [6, 6.07) is 11.7. The van der Waals surface area contributed by atoms with Crippen molar-refractivity contribution >= 4 is 28.9 Å². The van der Waals surface area contributed by atoms with E-state index in [-0.39, 0.29) is 16.4 Å². The fourth-order valence-corrected chi connectivity index (χ4v) is 1.78. The molecule has 0 heterocycles. The van der Waals surface area contributed by atoms with Gasteiger partial charge in [0.1, 0.15) is 0 Å². The Morgan fingerprint density at radius 2 is 1.90 bits per heavy atom. The van der Waals surface area contributed by atoms with E-state index in [1.165, 1.54) is 42.5 Å². The first-order valence-corrected chi connectivity index (χ1v) is 6.14. The lowest BCUT2D eigenvalue weighted by atomic mass is 10.1. The van der Waals surface area contributed by atoms with Crippen molar-refractivity contribution in [2.45, 2.75) is 0 Å². The molecule has 0 aliphatic rings. The summed E-state index contributed by atoms with van der Waals surface area (Å²) in [5.41, 5.74) is 0.728. The van der Waals surface area contributed by atoms with Gasteiger partial charge in [-0.1, -0.05) is 11.6 Å². The van der Waals surface area contributed by atoms with E-state index in [2.05, 4.69) is 5.32 Å². The number of nitro groups is 1. The van der Waals surface area contributed by atoms with Gasteiger partial charge >= 0.3 is 0 Å². The largest absolute Gasteiger partial charge is 0.320 e. The molecule has 21 heavy (non-hydrogen) atoms. The maximum atomic E-state index is 12.0. The first kappa shape index (κ1) is 14.5. The van der Waals surface area contributed by atoms with E-state index in [1.807, 2.05) is 6.07 Å². The van der Waals surface area contributed by atoms with Gasteiger partial charge in [-0.3, -0.25) is 14.9 Å². The number of rotatable bonds is 3. The number of nitro benzene ring substituents is 1. The molecule has 0 aromatic heterocycles. The van der Waals surface area contributed by atoms with Crippen molar-refractivity contribution in [2.75, 3.05) is 5.32 Å². The summed E-state index contributed by atoms with van der Waals surface area (Å²) in [6.07, 6.45) is 0. The molecular weight excluding hydrogens is 294 g/mol. The third-order valence-electron chi connectivity index (χ3n) is 2.69. The number of hydrogen-bond donors (Lipinski definition) is 1. The lowest BCUT2D eigenvalue weighted by molar-refractivity contribution is -0.384. The topological polar surface area (TPSA) is 96.0 Å². The zero-order chi connectivity index (χ0) is 15.4. The normalized spacial score (nSPS) is 9.71. The fraction of sp³-hybridized carbons (Fsp3) is 0. The van der Waals surface area contributed by atoms with Gasteiger partial charge in [0.05, 0.1) is 27.3 Å². The van der Waals surface area contributed by atoms with Crippen LogP contribution in [0.25, 0.3) is 0 Å². The minimum absolute atomic E-state index is 0.153. The molecule has 0 aliphatic heterocycles. The van der Waals surface area contributed by atoms with Gasteiger partial charge in [-0.2, -0.15) is 5.26 Å². The maximum absolute atomic E-state index is 12.0. The Morgan fingerprint density at radius 1 is 1.24 bits per heavy atom. The van der Waals surface area contributed by atoms with Crippen LogP contribution in [0.3, 0.4) is 0 Å². The summed E-state index contributed by atoms with van der Waals surface area (Å²) < 4.78 is 0. The van der Waals surface area contributed by atoms with Gasteiger partial charge in [-0.05, 0) is 30.3 Å². The van der Waals surface area contributed by atoms with Crippen LogP contribution in [0.15, 0.2) is 42.5 Å². The summed E-state index contributed by atoms with van der Waals surface area (Å²) in [6.45, 7) is 0. The molecule has 0 unspecified atom stereocenters. The van der Waals surface area contributed by atoms with Gasteiger partial charge in [0.15, 0.2) is 0 Å². The van der Waals surface area contributed by atoms with Crippen LogP contribution in [0.2, 0.25) is 5.02 Å². The number of amides is 1. The number of nitrogens with zero attached hydrogens (tertiary/aromatic N) is 2. The summed E-state index contributed by atoms with van der Waals surface area (Å²) in [4.78, 5) is 22.2. The van der Waals surface area contributed by atoms with E-state index in [1.54, 1.807) is 0 Å². The highest BCUT2D eigenvalue weighted by atomic mass is 35.5. The summed E-state index contributed by atoms with van der Waals surface area (Å²) >= 11 is 5.90. The number of non-ortho nitro benzene ring substituents is 1. The summed E-state index contributed by atoms with van der Waals surface area (Å²) in [5, 5.41) is 22.1. The van der Waals surface area contributed by atoms with E-state index in [9.17, 15) is 14.9 Å². The highest BCUT2D eigenvalue weighted by Gasteiger charge is 2.13. The first-order valence-electron chi connectivity index (χ1n) is 5.76. The van der Waals surface area contributed by atoms with Crippen molar-refractivity contribution in [1.82, 2.24) is 0 Å². The molecule has 0 atom stereocenters. The van der Waals surface area contributed by atoms with Crippen LogP contribution in [-0.4, -0.2) is 10.8 Å².